The molecule has 0 spiro atoms. The van der Waals surface area contributed by atoms with Gasteiger partial charge in [0.15, 0.2) is 11.6 Å². The van der Waals surface area contributed by atoms with Crippen molar-refractivity contribution >= 4 is 22.8 Å². The summed E-state index contributed by atoms with van der Waals surface area (Å²) in [4.78, 5) is 31.9. The molecule has 35 heavy (non-hydrogen) atoms. The normalized spacial score (nSPS) is 15.5. The van der Waals surface area contributed by atoms with Crippen LogP contribution >= 0.6 is 0 Å². The van der Waals surface area contributed by atoms with Crippen molar-refractivity contribution in [1.29, 1.82) is 0 Å². The number of ether oxygens (including phenoxy) is 3. The van der Waals surface area contributed by atoms with Crippen molar-refractivity contribution in [1.82, 2.24) is 9.55 Å². The molecule has 9 nitrogen and oxygen atoms in total. The number of carbonyl (C=O) groups excluding carboxylic acids is 1. The lowest BCUT2D eigenvalue weighted by molar-refractivity contribution is 0.0524. The van der Waals surface area contributed by atoms with Gasteiger partial charge in [-0.2, -0.15) is 0 Å². The number of pyridine rings is 2. The van der Waals surface area contributed by atoms with Crippen LogP contribution in [0, 0.1) is 5.82 Å². The number of hydrogen-bond donors (Lipinski definition) is 1. The first-order valence-corrected chi connectivity index (χ1v) is 11.4. The summed E-state index contributed by atoms with van der Waals surface area (Å²) in [5, 5.41) is 9.68. The Kier molecular flexibility index (Phi) is 7.20. The average Bonchev–Trinajstić information content (AvgIpc) is 3.34. The van der Waals surface area contributed by atoms with Gasteiger partial charge in [-0.05, 0) is 38.0 Å². The van der Waals surface area contributed by atoms with Gasteiger partial charge in [0.1, 0.15) is 22.7 Å². The summed E-state index contributed by atoms with van der Waals surface area (Å²) in [5.41, 5.74) is 0.0701. The molecule has 10 heteroatoms. The van der Waals surface area contributed by atoms with E-state index in [1.54, 1.807) is 41.7 Å². The Morgan fingerprint density at radius 2 is 2.06 bits per heavy atom. The van der Waals surface area contributed by atoms with Crippen molar-refractivity contribution in [3.8, 4) is 11.5 Å². The maximum absolute atomic E-state index is 15.2. The number of halogens is 1. The number of methoxy groups -OCH3 is 2. The highest BCUT2D eigenvalue weighted by molar-refractivity contribution is 5.93. The van der Waals surface area contributed by atoms with Gasteiger partial charge in [0.2, 0.25) is 5.43 Å². The smallest absolute Gasteiger partial charge is 0.343 e. The molecule has 0 radical (unpaired) electrons. The van der Waals surface area contributed by atoms with E-state index >= 15 is 4.39 Å². The van der Waals surface area contributed by atoms with Gasteiger partial charge in [-0.3, -0.25) is 4.79 Å². The average molecular weight is 486 g/mol. The molecule has 1 N–H and O–H groups in total. The van der Waals surface area contributed by atoms with Crippen LogP contribution in [0.15, 0.2) is 35.3 Å². The van der Waals surface area contributed by atoms with E-state index in [4.69, 9.17) is 14.2 Å². The summed E-state index contributed by atoms with van der Waals surface area (Å²) in [6.07, 6.45) is 2.89. The standard InChI is InChI=1S/C25H28FN3O6/c1-4-35-25(32)19-13-28(12-15-7-8-17(33-2)10-21(15)34-3)23-18(22(19)31)11-20(26)24(27-23)29-9-5-6-16(29)14-30/h7-8,10-11,13,16,30H,4-6,9,12,14H2,1-3H3/t16-/m1/s1. The summed E-state index contributed by atoms with van der Waals surface area (Å²) in [6.45, 7) is 2.32. The molecule has 1 aromatic carbocycles. The molecule has 1 fully saturated rings. The van der Waals surface area contributed by atoms with Crippen LogP contribution in [-0.4, -0.2) is 60.6 Å². The zero-order valence-electron chi connectivity index (χ0n) is 19.9. The van der Waals surface area contributed by atoms with Crippen LogP contribution < -0.4 is 19.8 Å². The Morgan fingerprint density at radius 1 is 1.26 bits per heavy atom. The van der Waals surface area contributed by atoms with E-state index < -0.39 is 17.2 Å². The Morgan fingerprint density at radius 3 is 2.74 bits per heavy atom. The van der Waals surface area contributed by atoms with Crippen LogP contribution in [-0.2, 0) is 11.3 Å². The predicted molar refractivity (Wildman–Crippen MR) is 128 cm³/mol. The number of fused-ring (bicyclic) bond motifs is 1. The monoisotopic (exact) mass is 485 g/mol. The molecule has 2 aromatic heterocycles. The van der Waals surface area contributed by atoms with Crippen molar-refractivity contribution in [3.05, 3.63) is 57.6 Å². The largest absolute Gasteiger partial charge is 0.497 e. The first kappa shape index (κ1) is 24.5. The minimum Gasteiger partial charge on any atom is -0.497 e. The second kappa shape index (κ2) is 10.3. The molecule has 1 aliphatic heterocycles. The van der Waals surface area contributed by atoms with Crippen LogP contribution in [0.3, 0.4) is 0 Å². The zero-order chi connectivity index (χ0) is 25.1. The van der Waals surface area contributed by atoms with Crippen LogP contribution in [0.4, 0.5) is 10.2 Å². The van der Waals surface area contributed by atoms with Gasteiger partial charge in [-0.25, -0.2) is 14.2 Å². The van der Waals surface area contributed by atoms with Gasteiger partial charge >= 0.3 is 5.97 Å². The maximum atomic E-state index is 15.2. The van der Waals surface area contributed by atoms with Crippen LogP contribution in [0.5, 0.6) is 11.5 Å². The molecule has 1 saturated heterocycles. The second-order valence-corrected chi connectivity index (χ2v) is 8.24. The van der Waals surface area contributed by atoms with E-state index in [-0.39, 0.29) is 48.2 Å². The lowest BCUT2D eigenvalue weighted by atomic mass is 10.1. The van der Waals surface area contributed by atoms with Gasteiger partial charge in [-0.15, -0.1) is 0 Å². The summed E-state index contributed by atoms with van der Waals surface area (Å²) in [5.74, 6) is -0.276. The van der Waals surface area contributed by atoms with E-state index in [2.05, 4.69) is 4.98 Å². The van der Waals surface area contributed by atoms with Crippen molar-refractivity contribution in [3.63, 3.8) is 0 Å². The molecule has 1 atom stereocenters. The van der Waals surface area contributed by atoms with Gasteiger partial charge in [0, 0.05) is 24.4 Å². The molecular weight excluding hydrogens is 457 g/mol. The van der Waals surface area contributed by atoms with E-state index in [0.717, 1.165) is 18.1 Å². The highest BCUT2D eigenvalue weighted by Crippen LogP contribution is 2.30. The van der Waals surface area contributed by atoms with E-state index in [0.29, 0.717) is 24.5 Å². The Hall–Kier alpha value is -3.66. The topological polar surface area (TPSA) is 103 Å². The number of benzene rings is 1. The fourth-order valence-electron chi connectivity index (χ4n) is 4.42. The van der Waals surface area contributed by atoms with Crippen molar-refractivity contribution < 1.29 is 28.5 Å². The minimum atomic E-state index is -0.792. The van der Waals surface area contributed by atoms with Crippen LogP contribution in [0.2, 0.25) is 0 Å². The summed E-state index contributed by atoms with van der Waals surface area (Å²) < 4.78 is 32.7. The number of hydrogen-bond acceptors (Lipinski definition) is 8. The van der Waals surface area contributed by atoms with Crippen LogP contribution in [0.25, 0.3) is 11.0 Å². The SMILES string of the molecule is CCOC(=O)c1cn(Cc2ccc(OC)cc2OC)c2nc(N3CCC[C@@H]3CO)c(F)cc2c1=O. The molecule has 4 rings (SSSR count). The fourth-order valence-corrected chi connectivity index (χ4v) is 4.42. The second-order valence-electron chi connectivity index (χ2n) is 8.24. The third kappa shape index (κ3) is 4.66. The Balaban J connectivity index is 1.92. The summed E-state index contributed by atoms with van der Waals surface area (Å²) >= 11 is 0. The molecule has 0 saturated carbocycles. The fraction of sp³-hybridized carbons (Fsp3) is 0.400. The summed E-state index contributed by atoms with van der Waals surface area (Å²) in [6, 6.07) is 6.15. The maximum Gasteiger partial charge on any atom is 0.343 e. The first-order chi connectivity index (χ1) is 16.9. The molecular formula is C25H28FN3O6. The first-order valence-electron chi connectivity index (χ1n) is 11.4. The van der Waals surface area contributed by atoms with Gasteiger partial charge in [0.25, 0.3) is 0 Å². The minimum absolute atomic E-state index is 0.0379. The molecule has 0 aliphatic carbocycles. The van der Waals surface area contributed by atoms with E-state index in [9.17, 15) is 14.7 Å². The van der Waals surface area contributed by atoms with Crippen molar-refractivity contribution in [2.45, 2.75) is 32.4 Å². The van der Waals surface area contributed by atoms with E-state index in [1.807, 2.05) is 0 Å². The molecule has 3 aromatic rings. The number of aromatic nitrogens is 2. The lowest BCUT2D eigenvalue weighted by Crippen LogP contribution is -2.34. The van der Waals surface area contributed by atoms with Gasteiger partial charge in [-0.1, -0.05) is 0 Å². The number of rotatable bonds is 8. The molecule has 0 unspecified atom stereocenters. The third-order valence-electron chi connectivity index (χ3n) is 6.17. The molecule has 3 heterocycles. The number of anilines is 1. The number of aliphatic hydroxyl groups is 1. The number of aliphatic hydroxyl groups excluding tert-OH is 1. The third-order valence-corrected chi connectivity index (χ3v) is 6.17. The highest BCUT2D eigenvalue weighted by Gasteiger charge is 2.29. The number of esters is 1. The lowest BCUT2D eigenvalue weighted by Gasteiger charge is -2.25. The quantitative estimate of drug-likeness (QED) is 0.486. The molecule has 0 bridgehead atoms. The Bertz CT molecular complexity index is 1310. The number of nitrogens with zero attached hydrogens (tertiary/aromatic N) is 3. The van der Waals surface area contributed by atoms with Gasteiger partial charge < -0.3 is 28.8 Å². The molecule has 0 amide bonds. The van der Waals surface area contributed by atoms with E-state index in [1.165, 1.54) is 13.3 Å². The highest BCUT2D eigenvalue weighted by atomic mass is 19.1. The van der Waals surface area contributed by atoms with Crippen molar-refractivity contribution in [2.24, 2.45) is 0 Å². The van der Waals surface area contributed by atoms with Crippen molar-refractivity contribution in [2.75, 3.05) is 38.9 Å². The number of carbonyl (C=O) groups is 1. The molecule has 186 valence electrons. The zero-order valence-corrected chi connectivity index (χ0v) is 19.9. The molecule has 1 aliphatic rings. The van der Waals surface area contributed by atoms with Gasteiger partial charge in [0.05, 0.1) is 45.4 Å². The predicted octanol–water partition coefficient (Wildman–Crippen LogP) is 2.74. The Labute approximate surface area is 201 Å². The summed E-state index contributed by atoms with van der Waals surface area (Å²) in [7, 11) is 3.08. The van der Waals surface area contributed by atoms with Crippen LogP contribution in [0.1, 0.15) is 35.7 Å².